The molecule has 1 atom stereocenters. The van der Waals surface area contributed by atoms with Crippen molar-refractivity contribution in [2.45, 2.75) is 43.0 Å². The van der Waals surface area contributed by atoms with E-state index in [2.05, 4.69) is 15.6 Å². The van der Waals surface area contributed by atoms with Gasteiger partial charge in [-0.15, -0.1) is 5.10 Å². The first-order chi connectivity index (χ1) is 14.2. The molecule has 3 heterocycles. The van der Waals surface area contributed by atoms with Crippen molar-refractivity contribution in [3.8, 4) is 5.69 Å². The van der Waals surface area contributed by atoms with Gasteiger partial charge in [-0.25, -0.2) is 18.2 Å². The van der Waals surface area contributed by atoms with E-state index in [0.29, 0.717) is 41.8 Å². The molecule has 156 valence electrons. The Balaban J connectivity index is 1.42. The second-order valence-corrected chi connectivity index (χ2v) is 9.70. The third-order valence-corrected chi connectivity index (χ3v) is 7.69. The predicted octanol–water partition coefficient (Wildman–Crippen LogP) is -0.694. The fourth-order valence-electron chi connectivity index (χ4n) is 4.10. The third kappa shape index (κ3) is 2.75. The highest BCUT2D eigenvalue weighted by Crippen LogP contribution is 2.50. The van der Waals surface area contributed by atoms with Crippen LogP contribution in [0.3, 0.4) is 0 Å². The van der Waals surface area contributed by atoms with Gasteiger partial charge in [0, 0.05) is 18.5 Å². The van der Waals surface area contributed by atoms with Gasteiger partial charge in [-0.2, -0.15) is 0 Å². The first kappa shape index (κ1) is 18.9. The van der Waals surface area contributed by atoms with Crippen molar-refractivity contribution in [1.29, 1.82) is 0 Å². The fraction of sp³-hybridized carbons (Fsp3) is 0.389. The van der Waals surface area contributed by atoms with Gasteiger partial charge in [-0.05, 0) is 43.0 Å². The summed E-state index contributed by atoms with van der Waals surface area (Å²) in [5, 5.41) is 15.6. The van der Waals surface area contributed by atoms with Crippen LogP contribution >= 0.6 is 0 Å². The Morgan fingerprint density at radius 2 is 1.97 bits per heavy atom. The van der Waals surface area contributed by atoms with Crippen LogP contribution in [-0.4, -0.2) is 52.1 Å². The number of fused-ring (bicyclic) bond motifs is 1. The van der Waals surface area contributed by atoms with Crippen LogP contribution in [0, 0.1) is 0 Å². The summed E-state index contributed by atoms with van der Waals surface area (Å²) in [4.78, 5) is 37.8. The van der Waals surface area contributed by atoms with E-state index in [4.69, 9.17) is 5.14 Å². The summed E-state index contributed by atoms with van der Waals surface area (Å²) in [6.07, 6.45) is 2.83. The molecule has 1 aliphatic carbocycles. The molecule has 1 saturated carbocycles. The topological polar surface area (TPSA) is 157 Å². The van der Waals surface area contributed by atoms with Crippen LogP contribution < -0.4 is 10.5 Å². The highest BCUT2D eigenvalue weighted by Gasteiger charge is 2.56. The second-order valence-electron chi connectivity index (χ2n) is 7.83. The molecule has 1 aromatic carbocycles. The van der Waals surface area contributed by atoms with Gasteiger partial charge in [0.2, 0.25) is 21.8 Å². The van der Waals surface area contributed by atoms with Gasteiger partial charge in [-0.1, -0.05) is 5.21 Å². The molecule has 3 amide bonds. The number of amides is 3. The van der Waals surface area contributed by atoms with Gasteiger partial charge in [-0.3, -0.25) is 19.7 Å². The van der Waals surface area contributed by atoms with Crippen LogP contribution in [0.1, 0.15) is 47.3 Å². The van der Waals surface area contributed by atoms with Gasteiger partial charge in [0.25, 0.3) is 5.91 Å². The summed E-state index contributed by atoms with van der Waals surface area (Å²) in [5.74, 6) is -1.07. The van der Waals surface area contributed by atoms with Crippen molar-refractivity contribution < 1.29 is 22.8 Å². The molecule has 1 unspecified atom stereocenters. The van der Waals surface area contributed by atoms with Crippen LogP contribution in [-0.2, 0) is 30.9 Å². The SMILES string of the molecule is NS(=O)(=O)C1(c2cn(-c3ccc4c(c3)CN(C3CCC(=O)NC3=O)C4=O)nn2)CC1. The van der Waals surface area contributed by atoms with E-state index in [1.54, 1.807) is 18.2 Å². The molecule has 3 aliphatic rings. The highest BCUT2D eigenvalue weighted by molar-refractivity contribution is 7.90. The van der Waals surface area contributed by atoms with Crippen molar-refractivity contribution in [2.24, 2.45) is 5.14 Å². The Morgan fingerprint density at radius 3 is 2.63 bits per heavy atom. The number of benzene rings is 1. The van der Waals surface area contributed by atoms with Gasteiger partial charge in [0.1, 0.15) is 16.5 Å². The van der Waals surface area contributed by atoms with Gasteiger partial charge in [0.15, 0.2) is 0 Å². The minimum atomic E-state index is -3.79. The van der Waals surface area contributed by atoms with E-state index in [1.807, 2.05) is 0 Å². The van der Waals surface area contributed by atoms with E-state index in [-0.39, 0.29) is 24.8 Å². The number of rotatable bonds is 4. The molecule has 0 bridgehead atoms. The molecule has 11 nitrogen and oxygen atoms in total. The van der Waals surface area contributed by atoms with E-state index >= 15 is 0 Å². The van der Waals surface area contributed by atoms with E-state index in [9.17, 15) is 22.8 Å². The summed E-state index contributed by atoms with van der Waals surface area (Å²) in [6, 6.07) is 4.40. The second kappa shape index (κ2) is 6.19. The minimum absolute atomic E-state index is 0.190. The molecule has 0 spiro atoms. The lowest BCUT2D eigenvalue weighted by Crippen LogP contribution is -2.52. The predicted molar refractivity (Wildman–Crippen MR) is 101 cm³/mol. The third-order valence-electron chi connectivity index (χ3n) is 5.98. The number of hydrogen-bond donors (Lipinski definition) is 2. The Kier molecular flexibility index (Phi) is 3.89. The zero-order valence-corrected chi connectivity index (χ0v) is 16.6. The molecule has 1 aromatic heterocycles. The zero-order valence-electron chi connectivity index (χ0n) is 15.7. The van der Waals surface area contributed by atoms with Gasteiger partial charge < -0.3 is 4.90 Å². The number of nitrogens with one attached hydrogen (secondary N) is 1. The Morgan fingerprint density at radius 1 is 1.20 bits per heavy atom. The number of carbonyl (C=O) groups excluding carboxylic acids is 3. The van der Waals surface area contributed by atoms with Gasteiger partial charge in [0.05, 0.1) is 11.9 Å². The number of nitrogens with two attached hydrogens (primary N) is 1. The first-order valence-electron chi connectivity index (χ1n) is 9.43. The van der Waals surface area contributed by atoms with Crippen LogP contribution in [0.4, 0.5) is 0 Å². The molecular weight excluding hydrogens is 412 g/mol. The lowest BCUT2D eigenvalue weighted by Gasteiger charge is -2.29. The summed E-state index contributed by atoms with van der Waals surface area (Å²) < 4.78 is 24.1. The average molecular weight is 430 g/mol. The molecule has 30 heavy (non-hydrogen) atoms. The number of aromatic nitrogens is 3. The smallest absolute Gasteiger partial charge is 0.255 e. The molecule has 5 rings (SSSR count). The van der Waals surface area contributed by atoms with Crippen molar-refractivity contribution in [3.63, 3.8) is 0 Å². The monoisotopic (exact) mass is 430 g/mol. The van der Waals surface area contributed by atoms with Crippen LogP contribution in [0.2, 0.25) is 0 Å². The molecule has 0 radical (unpaired) electrons. The van der Waals surface area contributed by atoms with Crippen molar-refractivity contribution in [2.75, 3.05) is 0 Å². The highest BCUT2D eigenvalue weighted by atomic mass is 32.2. The van der Waals surface area contributed by atoms with Crippen LogP contribution in [0.5, 0.6) is 0 Å². The maximum Gasteiger partial charge on any atom is 0.255 e. The lowest BCUT2D eigenvalue weighted by molar-refractivity contribution is -0.136. The molecule has 2 aliphatic heterocycles. The number of hydrogen-bond acceptors (Lipinski definition) is 7. The standard InChI is InChI=1S/C18H18N6O5S/c19-30(28,29)18(5-6-18)14-9-24(22-21-14)11-1-2-12-10(7-11)8-23(17(12)27)13-3-4-15(25)20-16(13)26/h1-2,7,9,13H,3-6,8H2,(H2,19,28,29)(H,20,25,26). The summed E-state index contributed by atoms with van der Waals surface area (Å²) >= 11 is 0. The molecule has 1 saturated heterocycles. The Labute approximate surface area is 171 Å². The number of carbonyl (C=O) groups is 3. The van der Waals surface area contributed by atoms with Crippen molar-refractivity contribution in [1.82, 2.24) is 25.2 Å². The molecule has 12 heteroatoms. The fourth-order valence-corrected chi connectivity index (χ4v) is 5.16. The van der Waals surface area contributed by atoms with E-state index in [1.165, 1.54) is 15.8 Å². The zero-order chi connectivity index (χ0) is 21.3. The Hall–Kier alpha value is -3.12. The van der Waals surface area contributed by atoms with Crippen molar-refractivity contribution >= 4 is 27.7 Å². The number of primary sulfonamides is 1. The molecular formula is C18H18N6O5S. The molecule has 2 aromatic rings. The van der Waals surface area contributed by atoms with Gasteiger partial charge >= 0.3 is 0 Å². The maximum atomic E-state index is 12.8. The summed E-state index contributed by atoms with van der Waals surface area (Å²) in [5.41, 5.74) is 2.10. The maximum absolute atomic E-state index is 12.8. The normalized spacial score (nSPS) is 22.8. The molecule has 2 fully saturated rings. The number of imide groups is 1. The first-order valence-corrected chi connectivity index (χ1v) is 11.0. The summed E-state index contributed by atoms with van der Waals surface area (Å²) in [7, 11) is -3.79. The summed E-state index contributed by atoms with van der Waals surface area (Å²) in [6.45, 7) is 0.233. The molecule has 3 N–H and O–H groups in total. The van der Waals surface area contributed by atoms with E-state index < -0.39 is 26.7 Å². The van der Waals surface area contributed by atoms with E-state index in [0.717, 1.165) is 0 Å². The largest absolute Gasteiger partial charge is 0.322 e. The lowest BCUT2D eigenvalue weighted by atomic mass is 10.0. The Bertz CT molecular complexity index is 1220. The number of piperidine rings is 1. The van der Waals surface area contributed by atoms with Crippen LogP contribution in [0.15, 0.2) is 24.4 Å². The minimum Gasteiger partial charge on any atom is -0.322 e. The van der Waals surface area contributed by atoms with Crippen LogP contribution in [0.25, 0.3) is 5.69 Å². The number of nitrogens with zero attached hydrogens (tertiary/aromatic N) is 4. The number of sulfonamides is 1. The quantitative estimate of drug-likeness (QED) is 0.607. The van der Waals surface area contributed by atoms with Crippen molar-refractivity contribution in [3.05, 3.63) is 41.2 Å². The average Bonchev–Trinajstić information content (AvgIpc) is 3.26.